The quantitative estimate of drug-likeness (QED) is 0.751. The number of carbonyl (C=O) groups is 2. The van der Waals surface area contributed by atoms with Gasteiger partial charge in [-0.15, -0.1) is 0 Å². The van der Waals surface area contributed by atoms with Crippen molar-refractivity contribution in [2.24, 2.45) is 0 Å². The lowest BCUT2D eigenvalue weighted by Gasteiger charge is -2.28. The molecule has 0 saturated heterocycles. The molecule has 0 bridgehead atoms. The summed E-state index contributed by atoms with van der Waals surface area (Å²) in [4.78, 5) is 22.7. The first-order valence-corrected chi connectivity index (χ1v) is 7.87. The number of hydrogen-bond donors (Lipinski definition) is 0. The molecule has 2 rings (SSSR count). The van der Waals surface area contributed by atoms with E-state index >= 15 is 0 Å². The Morgan fingerprint density at radius 3 is 1.59 bits per heavy atom. The van der Waals surface area contributed by atoms with E-state index < -0.39 is 20.3 Å². The Labute approximate surface area is 102 Å². The molecule has 0 heterocycles. The summed E-state index contributed by atoms with van der Waals surface area (Å²) in [6.07, 6.45) is 3.84. The highest BCUT2D eigenvalue weighted by Gasteiger charge is 2.38. The molecule has 2 unspecified atom stereocenters. The van der Waals surface area contributed by atoms with Crippen LogP contribution in [-0.4, -0.2) is 30.5 Å². The Morgan fingerprint density at radius 2 is 1.24 bits per heavy atom. The Bertz CT molecular complexity index is 390. The average molecular weight is 258 g/mol. The van der Waals surface area contributed by atoms with E-state index in [4.69, 9.17) is 0 Å². The van der Waals surface area contributed by atoms with Crippen LogP contribution in [0.4, 0.5) is 0 Å². The zero-order chi connectivity index (χ0) is 12.5. The molecule has 0 N–H and O–H groups in total. The molecule has 2 aliphatic rings. The summed E-state index contributed by atoms with van der Waals surface area (Å²) in [6, 6.07) is 0. The van der Waals surface area contributed by atoms with Crippen molar-refractivity contribution in [2.45, 2.75) is 61.9 Å². The van der Waals surface area contributed by atoms with Crippen molar-refractivity contribution in [1.82, 2.24) is 0 Å². The number of Topliss-reactive ketones (excluding diaryl/α,β-unsaturated/α-hetero) is 2. The number of rotatable bonds is 2. The number of hydrogen-bond acceptors (Lipinski definition) is 4. The molecule has 0 aromatic heterocycles. The van der Waals surface area contributed by atoms with E-state index in [1.807, 2.05) is 0 Å². The van der Waals surface area contributed by atoms with Crippen molar-refractivity contribution in [3.63, 3.8) is 0 Å². The zero-order valence-electron chi connectivity index (χ0n) is 9.85. The highest BCUT2D eigenvalue weighted by atomic mass is 32.2. The topological polar surface area (TPSA) is 68.3 Å². The second kappa shape index (κ2) is 4.88. The molecule has 2 atom stereocenters. The summed E-state index contributed by atoms with van der Waals surface area (Å²) in [5, 5.41) is -1.06. The maximum Gasteiger partial charge on any atom is 0.156 e. The van der Waals surface area contributed by atoms with E-state index in [0.717, 1.165) is 0 Å². The molecule has 96 valence electrons. The van der Waals surface area contributed by atoms with E-state index in [1.54, 1.807) is 0 Å². The fourth-order valence-corrected chi connectivity index (χ4v) is 5.17. The van der Waals surface area contributed by atoms with Crippen molar-refractivity contribution in [3.8, 4) is 0 Å². The first-order valence-electron chi connectivity index (χ1n) is 6.26. The predicted octanol–water partition coefficient (Wildman–Crippen LogP) is 1.42. The number of carbonyl (C=O) groups excluding carboxylic acids is 2. The van der Waals surface area contributed by atoms with Crippen LogP contribution in [0.5, 0.6) is 0 Å². The van der Waals surface area contributed by atoms with E-state index in [-0.39, 0.29) is 24.4 Å². The molecule has 2 aliphatic carbocycles. The Kier molecular flexibility index (Phi) is 3.66. The minimum atomic E-state index is -3.29. The van der Waals surface area contributed by atoms with Crippen molar-refractivity contribution < 1.29 is 18.0 Å². The van der Waals surface area contributed by atoms with Gasteiger partial charge in [0.05, 0.1) is 10.5 Å². The first kappa shape index (κ1) is 12.7. The van der Waals surface area contributed by atoms with Crippen LogP contribution in [0.15, 0.2) is 0 Å². The van der Waals surface area contributed by atoms with Gasteiger partial charge in [-0.3, -0.25) is 9.59 Å². The van der Waals surface area contributed by atoms with Gasteiger partial charge in [-0.2, -0.15) is 0 Å². The molecule has 17 heavy (non-hydrogen) atoms. The molecule has 0 aromatic carbocycles. The van der Waals surface area contributed by atoms with Crippen molar-refractivity contribution in [1.29, 1.82) is 0 Å². The van der Waals surface area contributed by atoms with E-state index in [1.165, 1.54) is 0 Å². The van der Waals surface area contributed by atoms with Gasteiger partial charge in [0, 0.05) is 25.7 Å². The summed E-state index contributed by atoms with van der Waals surface area (Å²) in [5.74, 6) is 0.0962. The van der Waals surface area contributed by atoms with Crippen LogP contribution >= 0.6 is 0 Å². The van der Waals surface area contributed by atoms with Gasteiger partial charge >= 0.3 is 0 Å². The van der Waals surface area contributed by atoms with Gasteiger partial charge in [0.1, 0.15) is 11.6 Å². The van der Waals surface area contributed by atoms with E-state index in [0.29, 0.717) is 38.5 Å². The highest BCUT2D eigenvalue weighted by Crippen LogP contribution is 2.30. The Balaban J connectivity index is 2.11. The standard InChI is InChI=1S/C12H18O4S/c13-9-3-1-5-11(7-9)17(15,16)12-6-2-4-10(14)8-12/h11-12H,1-8H2. The largest absolute Gasteiger partial charge is 0.300 e. The van der Waals surface area contributed by atoms with Crippen LogP contribution in [0.1, 0.15) is 51.4 Å². The summed E-state index contributed by atoms with van der Waals surface area (Å²) in [5.41, 5.74) is 0. The van der Waals surface area contributed by atoms with E-state index in [2.05, 4.69) is 0 Å². The fourth-order valence-electron chi connectivity index (χ4n) is 2.80. The smallest absolute Gasteiger partial charge is 0.156 e. The third-order valence-electron chi connectivity index (χ3n) is 3.80. The van der Waals surface area contributed by atoms with Crippen LogP contribution in [0.3, 0.4) is 0 Å². The maximum atomic E-state index is 12.3. The first-order chi connectivity index (χ1) is 8.00. The molecule has 0 spiro atoms. The minimum Gasteiger partial charge on any atom is -0.300 e. The molecule has 0 aromatic rings. The molecular formula is C12H18O4S. The summed E-state index contributed by atoms with van der Waals surface area (Å²) in [6.45, 7) is 0. The predicted molar refractivity (Wildman–Crippen MR) is 63.4 cm³/mol. The van der Waals surface area contributed by atoms with Crippen LogP contribution in [0, 0.1) is 0 Å². The van der Waals surface area contributed by atoms with Gasteiger partial charge in [0.25, 0.3) is 0 Å². The van der Waals surface area contributed by atoms with Gasteiger partial charge in [-0.25, -0.2) is 8.42 Å². The van der Waals surface area contributed by atoms with Gasteiger partial charge in [-0.1, -0.05) is 0 Å². The zero-order valence-corrected chi connectivity index (χ0v) is 10.7. The molecular weight excluding hydrogens is 240 g/mol. The average Bonchev–Trinajstić information content (AvgIpc) is 2.29. The van der Waals surface area contributed by atoms with E-state index in [9.17, 15) is 18.0 Å². The lowest BCUT2D eigenvalue weighted by molar-refractivity contribution is -0.120. The molecule has 0 amide bonds. The molecule has 2 fully saturated rings. The van der Waals surface area contributed by atoms with Gasteiger partial charge in [0.15, 0.2) is 9.84 Å². The number of ketones is 2. The summed E-state index contributed by atoms with van der Waals surface area (Å²) < 4.78 is 24.7. The normalized spacial score (nSPS) is 31.5. The van der Waals surface area contributed by atoms with Crippen LogP contribution < -0.4 is 0 Å². The van der Waals surface area contributed by atoms with Gasteiger partial charge in [0.2, 0.25) is 0 Å². The molecule has 0 aliphatic heterocycles. The molecule has 4 nitrogen and oxygen atoms in total. The SMILES string of the molecule is O=C1CCCC(S(=O)(=O)C2CCCC(=O)C2)C1. The van der Waals surface area contributed by atoms with Crippen LogP contribution in [-0.2, 0) is 19.4 Å². The molecule has 5 heteroatoms. The monoisotopic (exact) mass is 258 g/mol. The minimum absolute atomic E-state index is 0.0481. The highest BCUT2D eigenvalue weighted by molar-refractivity contribution is 7.92. The van der Waals surface area contributed by atoms with Gasteiger partial charge in [-0.05, 0) is 25.7 Å². The van der Waals surface area contributed by atoms with Crippen molar-refractivity contribution in [2.75, 3.05) is 0 Å². The summed E-state index contributed by atoms with van der Waals surface area (Å²) >= 11 is 0. The van der Waals surface area contributed by atoms with Gasteiger partial charge < -0.3 is 0 Å². The van der Waals surface area contributed by atoms with Crippen molar-refractivity contribution in [3.05, 3.63) is 0 Å². The lowest BCUT2D eigenvalue weighted by atomic mass is 9.98. The second-order valence-electron chi connectivity index (χ2n) is 5.10. The molecule has 2 saturated carbocycles. The van der Waals surface area contributed by atoms with Crippen molar-refractivity contribution >= 4 is 21.4 Å². The Morgan fingerprint density at radius 1 is 0.824 bits per heavy atom. The Hall–Kier alpha value is -0.710. The third-order valence-corrected chi connectivity index (χ3v) is 6.47. The third kappa shape index (κ3) is 2.76. The second-order valence-corrected chi connectivity index (χ2v) is 7.61. The number of sulfone groups is 1. The van der Waals surface area contributed by atoms with Crippen LogP contribution in [0.25, 0.3) is 0 Å². The molecule has 0 radical (unpaired) electrons. The summed E-state index contributed by atoms with van der Waals surface area (Å²) in [7, 11) is -3.29. The van der Waals surface area contributed by atoms with Crippen LogP contribution in [0.2, 0.25) is 0 Å². The fraction of sp³-hybridized carbons (Fsp3) is 0.833. The maximum absolute atomic E-state index is 12.3. The lowest BCUT2D eigenvalue weighted by Crippen LogP contribution is -2.38.